The van der Waals surface area contributed by atoms with Crippen LogP contribution in [-0.4, -0.2) is 5.91 Å². The van der Waals surface area contributed by atoms with Gasteiger partial charge in [-0.1, -0.05) is 6.07 Å². The third-order valence-electron chi connectivity index (χ3n) is 1.26. The first kappa shape index (κ1) is 7.68. The smallest absolute Gasteiger partial charge is 0.289 e. The third-order valence-corrected chi connectivity index (χ3v) is 1.26. The van der Waals surface area contributed by atoms with Gasteiger partial charge in [-0.05, 0) is 0 Å². The highest BCUT2D eigenvalue weighted by atomic mass is 16.2. The van der Waals surface area contributed by atoms with Crippen LogP contribution in [0.15, 0.2) is 30.6 Å². The van der Waals surface area contributed by atoms with Crippen molar-refractivity contribution in [2.45, 2.75) is 6.54 Å². The van der Waals surface area contributed by atoms with Gasteiger partial charge in [-0.15, -0.1) is 0 Å². The normalized spacial score (nSPS) is 9.18. The molecule has 0 atom stereocenters. The second-order valence-electron chi connectivity index (χ2n) is 2.12. The summed E-state index contributed by atoms with van der Waals surface area (Å²) in [5.41, 5.74) is 2.05. The summed E-state index contributed by atoms with van der Waals surface area (Å²) in [6, 6.07) is 5.59. The molecule has 0 aliphatic carbocycles. The number of hydrogen-bond donors (Lipinski definition) is 2. The molecule has 0 aliphatic heterocycles. The van der Waals surface area contributed by atoms with E-state index in [-0.39, 0.29) is 12.5 Å². The maximum Gasteiger partial charge on any atom is 0.299 e. The molecule has 0 saturated heterocycles. The number of rotatable bonds is 2. The van der Waals surface area contributed by atoms with Crippen molar-refractivity contribution in [1.82, 2.24) is 5.43 Å². The minimum Gasteiger partial charge on any atom is -0.289 e. The van der Waals surface area contributed by atoms with E-state index in [1.54, 1.807) is 17.0 Å². The molecule has 1 heterocycles. The highest BCUT2D eigenvalue weighted by Gasteiger charge is 2.04. The van der Waals surface area contributed by atoms with Crippen LogP contribution in [0, 0.1) is 0 Å². The summed E-state index contributed by atoms with van der Waals surface area (Å²) < 4.78 is 1.74. The SMILES string of the molecule is NNC(=O)C[n+]1ccccc1. The molecular formula is C7H10N3O+. The van der Waals surface area contributed by atoms with Gasteiger partial charge in [0.05, 0.1) is 0 Å². The average Bonchev–Trinajstić information content (AvgIpc) is 2.06. The number of nitrogens with one attached hydrogen (secondary N) is 1. The Morgan fingerprint density at radius 2 is 2.00 bits per heavy atom. The van der Waals surface area contributed by atoms with Crippen molar-refractivity contribution < 1.29 is 9.36 Å². The number of pyridine rings is 1. The minimum absolute atomic E-state index is 0.207. The molecule has 1 rings (SSSR count). The van der Waals surface area contributed by atoms with E-state index in [0.29, 0.717) is 0 Å². The molecule has 4 heteroatoms. The van der Waals surface area contributed by atoms with Gasteiger partial charge in [0.15, 0.2) is 12.4 Å². The summed E-state index contributed by atoms with van der Waals surface area (Å²) in [6.45, 7) is 0.261. The first-order chi connectivity index (χ1) is 5.33. The molecule has 0 aromatic carbocycles. The highest BCUT2D eigenvalue weighted by Crippen LogP contribution is 1.75. The van der Waals surface area contributed by atoms with Crippen LogP contribution in [-0.2, 0) is 11.3 Å². The van der Waals surface area contributed by atoms with Gasteiger partial charge in [-0.3, -0.25) is 10.2 Å². The van der Waals surface area contributed by atoms with Crippen LogP contribution in [0.1, 0.15) is 0 Å². The first-order valence-electron chi connectivity index (χ1n) is 3.26. The number of nitrogens with zero attached hydrogens (tertiary/aromatic N) is 1. The molecular weight excluding hydrogens is 142 g/mol. The minimum atomic E-state index is -0.207. The van der Waals surface area contributed by atoms with Crippen LogP contribution in [0.25, 0.3) is 0 Å². The number of carbonyl (C=O) groups excluding carboxylic acids is 1. The summed E-state index contributed by atoms with van der Waals surface area (Å²) >= 11 is 0. The Kier molecular flexibility index (Phi) is 2.57. The van der Waals surface area contributed by atoms with Crippen LogP contribution in [0.5, 0.6) is 0 Å². The maximum atomic E-state index is 10.7. The van der Waals surface area contributed by atoms with Gasteiger partial charge < -0.3 is 0 Å². The van der Waals surface area contributed by atoms with Crippen molar-refractivity contribution in [1.29, 1.82) is 0 Å². The van der Waals surface area contributed by atoms with Gasteiger partial charge in [0.1, 0.15) is 0 Å². The van der Waals surface area contributed by atoms with E-state index >= 15 is 0 Å². The van der Waals surface area contributed by atoms with Gasteiger partial charge in [0.2, 0.25) is 6.54 Å². The molecule has 0 unspecified atom stereocenters. The van der Waals surface area contributed by atoms with Crippen molar-refractivity contribution in [2.24, 2.45) is 5.84 Å². The number of aromatic nitrogens is 1. The lowest BCUT2D eigenvalue weighted by Gasteiger charge is -1.93. The number of hydrazine groups is 1. The largest absolute Gasteiger partial charge is 0.299 e. The number of amides is 1. The lowest BCUT2D eigenvalue weighted by atomic mass is 10.4. The molecule has 1 amide bonds. The molecule has 11 heavy (non-hydrogen) atoms. The summed E-state index contributed by atoms with van der Waals surface area (Å²) in [4.78, 5) is 10.7. The predicted octanol–water partition coefficient (Wildman–Crippen LogP) is -1.04. The first-order valence-corrected chi connectivity index (χ1v) is 3.26. The molecule has 0 saturated carbocycles. The van der Waals surface area contributed by atoms with Gasteiger partial charge in [-0.25, -0.2) is 5.84 Å². The molecule has 0 fully saturated rings. The molecule has 1 aromatic heterocycles. The van der Waals surface area contributed by atoms with Crippen molar-refractivity contribution >= 4 is 5.91 Å². The second kappa shape index (κ2) is 3.68. The molecule has 0 aliphatic rings. The Morgan fingerprint density at radius 3 is 2.55 bits per heavy atom. The number of hydrogen-bond acceptors (Lipinski definition) is 2. The van der Waals surface area contributed by atoms with Gasteiger partial charge >= 0.3 is 0 Å². The fraction of sp³-hybridized carbons (Fsp3) is 0.143. The quantitative estimate of drug-likeness (QED) is 0.246. The molecule has 3 N–H and O–H groups in total. The van der Waals surface area contributed by atoms with Gasteiger partial charge in [-0.2, -0.15) is 4.57 Å². The van der Waals surface area contributed by atoms with Crippen molar-refractivity contribution in [2.75, 3.05) is 0 Å². The topological polar surface area (TPSA) is 59.0 Å². The van der Waals surface area contributed by atoms with E-state index in [2.05, 4.69) is 5.43 Å². The molecule has 0 radical (unpaired) electrons. The zero-order valence-corrected chi connectivity index (χ0v) is 6.03. The average molecular weight is 152 g/mol. The van der Waals surface area contributed by atoms with Crippen molar-refractivity contribution in [3.05, 3.63) is 30.6 Å². The number of carbonyl (C=O) groups is 1. The zero-order chi connectivity index (χ0) is 8.10. The molecule has 4 nitrogen and oxygen atoms in total. The molecule has 1 aromatic rings. The zero-order valence-electron chi connectivity index (χ0n) is 6.03. The van der Waals surface area contributed by atoms with Crippen molar-refractivity contribution in [3.8, 4) is 0 Å². The van der Waals surface area contributed by atoms with E-state index in [4.69, 9.17) is 5.84 Å². The van der Waals surface area contributed by atoms with Gasteiger partial charge in [0.25, 0.3) is 5.91 Å². The molecule has 58 valence electrons. The Hall–Kier alpha value is -1.42. The van der Waals surface area contributed by atoms with E-state index in [0.717, 1.165) is 0 Å². The highest BCUT2D eigenvalue weighted by molar-refractivity contribution is 5.73. The summed E-state index contributed by atoms with van der Waals surface area (Å²) in [5, 5.41) is 0. The Bertz CT molecular complexity index is 235. The monoisotopic (exact) mass is 152 g/mol. The van der Waals surface area contributed by atoms with Crippen LogP contribution in [0.4, 0.5) is 0 Å². The lowest BCUT2D eigenvalue weighted by molar-refractivity contribution is -0.684. The second-order valence-corrected chi connectivity index (χ2v) is 2.12. The predicted molar refractivity (Wildman–Crippen MR) is 39.0 cm³/mol. The molecule has 0 spiro atoms. The molecule has 0 bridgehead atoms. The van der Waals surface area contributed by atoms with E-state index in [9.17, 15) is 4.79 Å². The Balaban J connectivity index is 2.58. The van der Waals surface area contributed by atoms with E-state index in [1.807, 2.05) is 18.2 Å². The lowest BCUT2D eigenvalue weighted by Crippen LogP contribution is -2.44. The fourth-order valence-electron chi connectivity index (χ4n) is 0.751. The van der Waals surface area contributed by atoms with Crippen LogP contribution in [0.3, 0.4) is 0 Å². The van der Waals surface area contributed by atoms with Crippen molar-refractivity contribution in [3.63, 3.8) is 0 Å². The van der Waals surface area contributed by atoms with E-state index in [1.165, 1.54) is 0 Å². The fourth-order valence-corrected chi connectivity index (χ4v) is 0.751. The van der Waals surface area contributed by atoms with Gasteiger partial charge in [0, 0.05) is 12.1 Å². The van der Waals surface area contributed by atoms with Crippen LogP contribution >= 0.6 is 0 Å². The summed E-state index contributed by atoms with van der Waals surface area (Å²) in [5.74, 6) is 4.70. The third kappa shape index (κ3) is 2.35. The van der Waals surface area contributed by atoms with Crippen LogP contribution < -0.4 is 15.8 Å². The Labute approximate surface area is 64.6 Å². The maximum absolute atomic E-state index is 10.7. The standard InChI is InChI=1S/C7H9N3O/c8-9-7(11)6-10-4-2-1-3-5-10/h1-5H,6,8H2/p+1. The number of nitrogens with two attached hydrogens (primary N) is 1. The summed E-state index contributed by atoms with van der Waals surface area (Å²) in [6.07, 6.45) is 3.60. The van der Waals surface area contributed by atoms with E-state index < -0.39 is 0 Å². The Morgan fingerprint density at radius 1 is 1.36 bits per heavy atom. The summed E-state index contributed by atoms with van der Waals surface area (Å²) in [7, 11) is 0. The van der Waals surface area contributed by atoms with Crippen LogP contribution in [0.2, 0.25) is 0 Å².